The Morgan fingerprint density at radius 2 is 1.51 bits per heavy atom. The second-order valence-electron chi connectivity index (χ2n) is 8.25. The molecule has 37 heavy (non-hydrogen) atoms. The number of nitrogens with one attached hydrogen (secondary N) is 2. The molecule has 0 radical (unpaired) electrons. The molecule has 2 N–H and O–H groups in total. The third-order valence-corrected chi connectivity index (χ3v) is 6.08. The van der Waals surface area contributed by atoms with E-state index in [-0.39, 0.29) is 23.4 Å². The highest BCUT2D eigenvalue weighted by molar-refractivity contribution is 9.10. The molecule has 0 aliphatic rings. The highest BCUT2D eigenvalue weighted by Crippen LogP contribution is 2.37. The van der Waals surface area contributed by atoms with E-state index >= 15 is 0 Å². The van der Waals surface area contributed by atoms with Crippen LogP contribution >= 0.6 is 15.9 Å². The number of hydrogen-bond donors (Lipinski definition) is 2. The van der Waals surface area contributed by atoms with Crippen LogP contribution in [0.15, 0.2) is 95.6 Å². The first-order chi connectivity index (χ1) is 17.5. The van der Waals surface area contributed by atoms with Crippen molar-refractivity contribution in [1.82, 2.24) is 10.3 Å². The smallest absolute Gasteiger partial charge is 0.322 e. The maximum atomic E-state index is 13.7. The molecule has 0 bridgehead atoms. The summed E-state index contributed by atoms with van der Waals surface area (Å²) in [7, 11) is 0. The minimum absolute atomic E-state index is 0.0225. The Kier molecular flexibility index (Phi) is 7.58. The van der Waals surface area contributed by atoms with Crippen LogP contribution in [0, 0.1) is 11.6 Å². The zero-order chi connectivity index (χ0) is 26.6. The number of rotatable bonds is 6. The van der Waals surface area contributed by atoms with E-state index in [9.17, 15) is 26.7 Å². The number of pyridine rings is 1. The van der Waals surface area contributed by atoms with Crippen molar-refractivity contribution in [3.63, 3.8) is 0 Å². The van der Waals surface area contributed by atoms with Crippen LogP contribution < -0.4 is 10.6 Å². The largest absolute Gasteiger partial charge is 0.416 e. The molecular formula is C27H19BrF5N3O. The summed E-state index contributed by atoms with van der Waals surface area (Å²) in [6, 6.07) is 18.3. The molecule has 10 heteroatoms. The summed E-state index contributed by atoms with van der Waals surface area (Å²) in [4.78, 5) is 17.6. The number of aromatic nitrogens is 1. The van der Waals surface area contributed by atoms with Crippen molar-refractivity contribution in [2.75, 3.05) is 5.32 Å². The molecule has 0 saturated carbocycles. The number of halogens is 6. The molecule has 0 saturated heterocycles. The van der Waals surface area contributed by atoms with Gasteiger partial charge in [0.25, 0.3) is 0 Å². The highest BCUT2D eigenvalue weighted by atomic mass is 79.9. The van der Waals surface area contributed by atoms with Crippen LogP contribution in [0.4, 0.5) is 32.4 Å². The molecule has 0 aliphatic heterocycles. The molecular weight excluding hydrogens is 557 g/mol. The summed E-state index contributed by atoms with van der Waals surface area (Å²) in [5.41, 5.74) is -1.62. The molecule has 0 spiro atoms. The van der Waals surface area contributed by atoms with E-state index < -0.39 is 34.9 Å². The summed E-state index contributed by atoms with van der Waals surface area (Å²) in [6.07, 6.45) is -3.15. The molecule has 4 nitrogen and oxygen atoms in total. The Bertz CT molecular complexity index is 1380. The summed E-state index contributed by atoms with van der Waals surface area (Å²) in [6.45, 7) is 0. The zero-order valence-electron chi connectivity index (χ0n) is 19.0. The van der Waals surface area contributed by atoms with E-state index in [1.807, 2.05) is 0 Å². The summed E-state index contributed by atoms with van der Waals surface area (Å²) in [5.74, 6) is -1.81. The predicted octanol–water partition coefficient (Wildman–Crippen LogP) is 7.45. The van der Waals surface area contributed by atoms with Crippen molar-refractivity contribution in [3.8, 4) is 0 Å². The lowest BCUT2D eigenvalue weighted by atomic mass is 9.80. The minimum Gasteiger partial charge on any atom is -0.322 e. The van der Waals surface area contributed by atoms with Crippen molar-refractivity contribution in [2.45, 2.75) is 18.1 Å². The van der Waals surface area contributed by atoms with Crippen LogP contribution in [-0.2, 0) is 18.1 Å². The second kappa shape index (κ2) is 10.7. The number of amides is 2. The van der Waals surface area contributed by atoms with Crippen LogP contribution in [0.25, 0.3) is 0 Å². The van der Waals surface area contributed by atoms with Crippen molar-refractivity contribution in [1.29, 1.82) is 0 Å². The molecule has 190 valence electrons. The predicted molar refractivity (Wildman–Crippen MR) is 133 cm³/mol. The first-order valence-corrected chi connectivity index (χ1v) is 11.7. The Hall–Kier alpha value is -3.79. The van der Waals surface area contributed by atoms with Crippen LogP contribution in [-0.4, -0.2) is 11.0 Å². The molecule has 0 fully saturated rings. The molecule has 4 rings (SSSR count). The lowest BCUT2D eigenvalue weighted by Crippen LogP contribution is -2.50. The van der Waals surface area contributed by atoms with Gasteiger partial charge in [-0.15, -0.1) is 0 Å². The van der Waals surface area contributed by atoms with E-state index in [1.54, 1.807) is 42.5 Å². The van der Waals surface area contributed by atoms with Gasteiger partial charge in [0.15, 0.2) is 0 Å². The molecule has 1 atom stereocenters. The molecule has 1 aromatic heterocycles. The van der Waals surface area contributed by atoms with Gasteiger partial charge in [0, 0.05) is 28.8 Å². The third kappa shape index (κ3) is 6.32. The number of nitrogens with zero attached hydrogens (tertiary/aromatic N) is 1. The summed E-state index contributed by atoms with van der Waals surface area (Å²) in [5, 5.41) is 5.13. The Morgan fingerprint density at radius 1 is 0.838 bits per heavy atom. The third-order valence-electron chi connectivity index (χ3n) is 5.61. The summed E-state index contributed by atoms with van der Waals surface area (Å²) >= 11 is 3.30. The van der Waals surface area contributed by atoms with E-state index in [4.69, 9.17) is 0 Å². The van der Waals surface area contributed by atoms with Crippen molar-refractivity contribution in [3.05, 3.63) is 130 Å². The first-order valence-electron chi connectivity index (χ1n) is 10.9. The fourth-order valence-electron chi connectivity index (χ4n) is 3.99. The van der Waals surface area contributed by atoms with Crippen molar-refractivity contribution < 1.29 is 26.7 Å². The number of benzene rings is 3. The fourth-order valence-corrected chi connectivity index (χ4v) is 4.23. The van der Waals surface area contributed by atoms with Gasteiger partial charge in [-0.1, -0.05) is 42.5 Å². The van der Waals surface area contributed by atoms with Gasteiger partial charge in [-0.25, -0.2) is 13.6 Å². The molecule has 4 aromatic rings. The first kappa shape index (κ1) is 26.3. The number of urea groups is 1. The van der Waals surface area contributed by atoms with Gasteiger partial charge >= 0.3 is 12.2 Å². The fraction of sp³-hybridized carbons (Fsp3) is 0.111. The lowest BCUT2D eigenvalue weighted by Gasteiger charge is -2.36. The van der Waals surface area contributed by atoms with Gasteiger partial charge in [0.1, 0.15) is 17.2 Å². The molecule has 1 unspecified atom stereocenters. The van der Waals surface area contributed by atoms with Gasteiger partial charge < -0.3 is 10.6 Å². The second-order valence-corrected chi connectivity index (χ2v) is 9.16. The number of alkyl halides is 3. The van der Waals surface area contributed by atoms with Crippen LogP contribution in [0.3, 0.4) is 0 Å². The van der Waals surface area contributed by atoms with Gasteiger partial charge in [0.2, 0.25) is 0 Å². The monoisotopic (exact) mass is 575 g/mol. The van der Waals surface area contributed by atoms with E-state index in [2.05, 4.69) is 31.5 Å². The van der Waals surface area contributed by atoms with Gasteiger partial charge in [0.05, 0.1) is 11.3 Å². The van der Waals surface area contributed by atoms with E-state index in [1.165, 1.54) is 18.3 Å². The van der Waals surface area contributed by atoms with Crippen molar-refractivity contribution >= 4 is 27.6 Å². The quantitative estimate of drug-likeness (QED) is 0.235. The number of hydrogen-bond acceptors (Lipinski definition) is 2. The average molecular weight is 576 g/mol. The number of carbonyl (C=O) groups excluding carboxylic acids is 1. The van der Waals surface area contributed by atoms with Crippen LogP contribution in [0.1, 0.15) is 22.4 Å². The standard InChI is InChI=1S/C27H19BrF5N3O/c28-20-9-10-24(34-16-20)26(15-17-5-2-1-3-6-17,18-7-4-8-19(11-18)27(31,32)33)36-25(37)35-23-13-21(29)12-22(30)14-23/h1-14,16H,15H2,(H2,35,36,37). The lowest BCUT2D eigenvalue weighted by molar-refractivity contribution is -0.137. The molecule has 1 heterocycles. The maximum absolute atomic E-state index is 13.7. The van der Waals surface area contributed by atoms with Crippen LogP contribution in [0.5, 0.6) is 0 Å². The highest BCUT2D eigenvalue weighted by Gasteiger charge is 2.40. The number of anilines is 1. The Balaban J connectivity index is 1.87. The normalized spacial score (nSPS) is 13.0. The maximum Gasteiger partial charge on any atom is 0.416 e. The van der Waals surface area contributed by atoms with Crippen LogP contribution in [0.2, 0.25) is 0 Å². The van der Waals surface area contributed by atoms with E-state index in [0.29, 0.717) is 16.1 Å². The Labute approximate surface area is 217 Å². The van der Waals surface area contributed by atoms with Gasteiger partial charge in [-0.05, 0) is 63.5 Å². The average Bonchev–Trinajstić information content (AvgIpc) is 2.83. The van der Waals surface area contributed by atoms with Crippen molar-refractivity contribution in [2.24, 2.45) is 0 Å². The SMILES string of the molecule is O=C(Nc1cc(F)cc(F)c1)NC(Cc1ccccc1)(c1cccc(C(F)(F)F)c1)c1ccc(Br)cn1. The minimum atomic E-state index is -4.64. The topological polar surface area (TPSA) is 54.0 Å². The number of carbonyl (C=O) groups is 1. The van der Waals surface area contributed by atoms with Gasteiger partial charge in [-0.3, -0.25) is 4.98 Å². The Morgan fingerprint density at radius 3 is 2.14 bits per heavy atom. The van der Waals surface area contributed by atoms with E-state index in [0.717, 1.165) is 24.3 Å². The molecule has 2 amide bonds. The molecule has 0 aliphatic carbocycles. The molecule has 3 aromatic carbocycles. The van der Waals surface area contributed by atoms with Gasteiger partial charge in [-0.2, -0.15) is 13.2 Å². The zero-order valence-corrected chi connectivity index (χ0v) is 20.6. The summed E-state index contributed by atoms with van der Waals surface area (Å²) < 4.78 is 69.0.